The molecule has 6 heteroatoms. The number of carbonyl (C=O) groups excluding carboxylic acids is 1. The zero-order valence-electron chi connectivity index (χ0n) is 16.7. The summed E-state index contributed by atoms with van der Waals surface area (Å²) >= 11 is 1.51. The first-order valence-corrected chi connectivity index (χ1v) is 10.9. The topological polar surface area (TPSA) is 52.7 Å². The van der Waals surface area contributed by atoms with Gasteiger partial charge in [0.25, 0.3) is 0 Å². The van der Waals surface area contributed by atoms with E-state index in [0.717, 1.165) is 53.0 Å². The lowest BCUT2D eigenvalue weighted by Gasteiger charge is -2.10. The first-order valence-electron chi connectivity index (χ1n) is 9.88. The van der Waals surface area contributed by atoms with Gasteiger partial charge in [-0.2, -0.15) is 0 Å². The molecule has 0 fully saturated rings. The maximum absolute atomic E-state index is 13.0. The van der Waals surface area contributed by atoms with Gasteiger partial charge in [0, 0.05) is 35.6 Å². The van der Waals surface area contributed by atoms with Gasteiger partial charge in [-0.25, -0.2) is 0 Å². The lowest BCUT2D eigenvalue weighted by atomic mass is 10.2. The first kappa shape index (κ1) is 19.0. The van der Waals surface area contributed by atoms with Crippen molar-refractivity contribution in [2.45, 2.75) is 58.2 Å². The van der Waals surface area contributed by atoms with Crippen molar-refractivity contribution in [1.29, 1.82) is 0 Å². The minimum Gasteiger partial charge on any atom is -0.318 e. The van der Waals surface area contributed by atoms with E-state index in [2.05, 4.69) is 57.4 Å². The highest BCUT2D eigenvalue weighted by Gasteiger charge is 2.20. The second-order valence-electron chi connectivity index (χ2n) is 7.53. The predicted octanol–water partition coefficient (Wildman–Crippen LogP) is 4.70. The highest BCUT2D eigenvalue weighted by Crippen LogP contribution is 2.25. The number of Topliss-reactive ketones (excluding diaryl/α,β-unsaturated/α-hetero) is 1. The first-order chi connectivity index (χ1) is 13.5. The van der Waals surface area contributed by atoms with Gasteiger partial charge in [-0.1, -0.05) is 35.9 Å². The standard InChI is InChI=1S/C22H26N4OS/c1-15-8-10-18(11-9-15)26-16(2)13-19(17(26)3)20(27)14-28-22-24-23-21-7-5-4-6-12-25(21)22/h8-11,13H,4-7,12,14H2,1-3H3. The summed E-state index contributed by atoms with van der Waals surface area (Å²) in [7, 11) is 0. The molecular formula is C22H26N4OS. The molecule has 1 aliphatic heterocycles. The molecular weight excluding hydrogens is 368 g/mol. The Kier molecular flexibility index (Phi) is 5.40. The molecule has 0 spiro atoms. The molecule has 28 heavy (non-hydrogen) atoms. The van der Waals surface area contributed by atoms with Gasteiger partial charge in [0.15, 0.2) is 10.9 Å². The van der Waals surface area contributed by atoms with Crippen molar-refractivity contribution in [1.82, 2.24) is 19.3 Å². The van der Waals surface area contributed by atoms with Gasteiger partial charge in [-0.3, -0.25) is 4.79 Å². The quantitative estimate of drug-likeness (QED) is 0.465. The molecule has 0 bridgehead atoms. The van der Waals surface area contributed by atoms with Crippen molar-refractivity contribution >= 4 is 17.5 Å². The third-order valence-corrected chi connectivity index (χ3v) is 6.40. The zero-order chi connectivity index (χ0) is 19.7. The van der Waals surface area contributed by atoms with Gasteiger partial charge >= 0.3 is 0 Å². The monoisotopic (exact) mass is 394 g/mol. The number of hydrogen-bond donors (Lipinski definition) is 0. The summed E-state index contributed by atoms with van der Waals surface area (Å²) in [6.45, 7) is 7.11. The van der Waals surface area contributed by atoms with E-state index in [0.29, 0.717) is 5.75 Å². The van der Waals surface area contributed by atoms with E-state index in [9.17, 15) is 4.79 Å². The van der Waals surface area contributed by atoms with Crippen molar-refractivity contribution in [2.24, 2.45) is 0 Å². The Hall–Kier alpha value is -2.34. The number of thioether (sulfide) groups is 1. The zero-order valence-corrected chi connectivity index (χ0v) is 17.6. The van der Waals surface area contributed by atoms with Crippen LogP contribution >= 0.6 is 11.8 Å². The van der Waals surface area contributed by atoms with E-state index in [-0.39, 0.29) is 5.78 Å². The Morgan fingerprint density at radius 2 is 1.86 bits per heavy atom. The molecule has 0 atom stereocenters. The van der Waals surface area contributed by atoms with Gasteiger partial charge in [-0.15, -0.1) is 10.2 Å². The van der Waals surface area contributed by atoms with Crippen LogP contribution in [-0.4, -0.2) is 30.9 Å². The third-order valence-electron chi connectivity index (χ3n) is 5.43. The fourth-order valence-electron chi connectivity index (χ4n) is 3.91. The molecule has 0 N–H and O–H groups in total. The van der Waals surface area contributed by atoms with Crippen LogP contribution in [0.4, 0.5) is 0 Å². The van der Waals surface area contributed by atoms with Crippen molar-refractivity contribution in [3.05, 3.63) is 58.7 Å². The predicted molar refractivity (Wildman–Crippen MR) is 113 cm³/mol. The van der Waals surface area contributed by atoms with Crippen LogP contribution in [0.1, 0.15) is 52.4 Å². The molecule has 3 aromatic rings. The number of hydrogen-bond acceptors (Lipinski definition) is 4. The Morgan fingerprint density at radius 1 is 1.07 bits per heavy atom. The number of aryl methyl sites for hydroxylation is 3. The summed E-state index contributed by atoms with van der Waals surface area (Å²) in [4.78, 5) is 13.0. The minimum atomic E-state index is 0.141. The maximum Gasteiger partial charge on any atom is 0.191 e. The molecule has 0 unspecified atom stereocenters. The van der Waals surface area contributed by atoms with Gasteiger partial charge in [0.05, 0.1) is 5.75 Å². The Balaban J connectivity index is 1.52. The van der Waals surface area contributed by atoms with Gasteiger partial charge in [0.2, 0.25) is 0 Å². The van der Waals surface area contributed by atoms with Crippen molar-refractivity contribution in [3.8, 4) is 5.69 Å². The maximum atomic E-state index is 13.0. The van der Waals surface area contributed by atoms with Crippen molar-refractivity contribution in [2.75, 3.05) is 5.75 Å². The van der Waals surface area contributed by atoms with Crippen LogP contribution in [0.2, 0.25) is 0 Å². The van der Waals surface area contributed by atoms with E-state index >= 15 is 0 Å². The van der Waals surface area contributed by atoms with Crippen LogP contribution in [0.5, 0.6) is 0 Å². The fourth-order valence-corrected chi connectivity index (χ4v) is 4.78. The number of rotatable bonds is 5. The number of ketones is 1. The summed E-state index contributed by atoms with van der Waals surface area (Å²) in [5, 5.41) is 9.52. The van der Waals surface area contributed by atoms with E-state index in [1.165, 1.54) is 30.2 Å². The molecule has 0 radical (unpaired) electrons. The molecule has 1 aromatic carbocycles. The van der Waals surface area contributed by atoms with Gasteiger partial charge in [-0.05, 0) is 51.8 Å². The summed E-state index contributed by atoms with van der Waals surface area (Å²) in [5.74, 6) is 1.59. The number of nitrogens with zero attached hydrogens (tertiary/aromatic N) is 4. The van der Waals surface area contributed by atoms with Crippen LogP contribution < -0.4 is 0 Å². The summed E-state index contributed by atoms with van der Waals surface area (Å²) < 4.78 is 4.35. The average Bonchev–Trinajstić information content (AvgIpc) is 3.10. The molecule has 0 saturated heterocycles. The molecule has 1 aliphatic rings. The SMILES string of the molecule is Cc1ccc(-n2c(C)cc(C(=O)CSc3nnc4n3CCCCC4)c2C)cc1. The molecule has 5 nitrogen and oxygen atoms in total. The lowest BCUT2D eigenvalue weighted by molar-refractivity contribution is 0.102. The van der Waals surface area contributed by atoms with Crippen LogP contribution in [0.15, 0.2) is 35.5 Å². The van der Waals surface area contributed by atoms with Crippen LogP contribution in [-0.2, 0) is 13.0 Å². The van der Waals surface area contributed by atoms with Crippen LogP contribution in [0.25, 0.3) is 5.69 Å². The lowest BCUT2D eigenvalue weighted by Crippen LogP contribution is -2.07. The smallest absolute Gasteiger partial charge is 0.191 e. The van der Waals surface area contributed by atoms with E-state index < -0.39 is 0 Å². The Labute approximate surface area is 170 Å². The highest BCUT2D eigenvalue weighted by molar-refractivity contribution is 7.99. The Morgan fingerprint density at radius 3 is 2.64 bits per heavy atom. The fraction of sp³-hybridized carbons (Fsp3) is 0.409. The van der Waals surface area contributed by atoms with Crippen LogP contribution in [0, 0.1) is 20.8 Å². The molecule has 3 heterocycles. The van der Waals surface area contributed by atoms with Gasteiger partial charge < -0.3 is 9.13 Å². The second kappa shape index (κ2) is 7.95. The molecule has 4 rings (SSSR count). The largest absolute Gasteiger partial charge is 0.318 e. The average molecular weight is 395 g/mol. The number of aromatic nitrogens is 4. The third kappa shape index (κ3) is 3.65. The van der Waals surface area contributed by atoms with Crippen molar-refractivity contribution < 1.29 is 4.79 Å². The summed E-state index contributed by atoms with van der Waals surface area (Å²) in [6.07, 6.45) is 4.55. The molecule has 0 aliphatic carbocycles. The highest BCUT2D eigenvalue weighted by atomic mass is 32.2. The van der Waals surface area contributed by atoms with E-state index in [1.54, 1.807) is 0 Å². The minimum absolute atomic E-state index is 0.141. The Bertz CT molecular complexity index is 1000. The van der Waals surface area contributed by atoms with E-state index in [4.69, 9.17) is 0 Å². The molecule has 146 valence electrons. The number of benzene rings is 1. The second-order valence-corrected chi connectivity index (χ2v) is 8.47. The molecule has 0 saturated carbocycles. The van der Waals surface area contributed by atoms with Crippen molar-refractivity contribution in [3.63, 3.8) is 0 Å². The van der Waals surface area contributed by atoms with Gasteiger partial charge in [0.1, 0.15) is 5.82 Å². The number of fused-ring (bicyclic) bond motifs is 1. The van der Waals surface area contributed by atoms with Crippen LogP contribution in [0.3, 0.4) is 0 Å². The summed E-state index contributed by atoms with van der Waals surface area (Å²) in [5.41, 5.74) is 5.18. The molecule has 0 amide bonds. The summed E-state index contributed by atoms with van der Waals surface area (Å²) in [6, 6.07) is 10.4. The number of carbonyl (C=O) groups is 1. The normalized spacial score (nSPS) is 14.0. The molecule has 2 aromatic heterocycles. The van der Waals surface area contributed by atoms with E-state index in [1.807, 2.05) is 13.0 Å².